The molecule has 0 amide bonds. The zero-order valence-electron chi connectivity index (χ0n) is 6.55. The molecule has 14 heavy (non-hydrogen) atoms. The van der Waals surface area contributed by atoms with Crippen molar-refractivity contribution in [2.75, 3.05) is 0 Å². The third-order valence-electron chi connectivity index (χ3n) is 1.64. The zero-order valence-corrected chi connectivity index (χ0v) is 8.78. The van der Waals surface area contributed by atoms with E-state index in [0.29, 0.717) is 5.52 Å². The zero-order chi connectivity index (χ0) is 9.42. The number of aromatic amines is 1. The SMILES string of the molecule is O=C([O-])c1c(Cl)ccc2n[nH]nc12.[Ag+]. The molecule has 0 spiro atoms. The first-order valence-corrected chi connectivity index (χ1v) is 3.78. The van der Waals surface area contributed by atoms with Crippen molar-refractivity contribution in [3.05, 3.63) is 22.7 Å². The first-order valence-electron chi connectivity index (χ1n) is 3.40. The molecule has 76 valence electrons. The first-order chi connectivity index (χ1) is 6.20. The van der Waals surface area contributed by atoms with Gasteiger partial charge in [0.1, 0.15) is 11.0 Å². The number of nitrogens with one attached hydrogen (secondary N) is 1. The Morgan fingerprint density at radius 3 is 2.79 bits per heavy atom. The van der Waals surface area contributed by atoms with E-state index in [-0.39, 0.29) is 38.5 Å². The summed E-state index contributed by atoms with van der Waals surface area (Å²) in [4.78, 5) is 10.7. The molecule has 0 radical (unpaired) electrons. The van der Waals surface area contributed by atoms with Crippen molar-refractivity contribution in [3.63, 3.8) is 0 Å². The number of carboxylic acid groups (broad SMARTS) is 1. The second-order valence-electron chi connectivity index (χ2n) is 2.40. The van der Waals surface area contributed by atoms with E-state index >= 15 is 0 Å². The molecular formula is C7H3AgClN3O2. The standard InChI is InChI=1S/C7H4ClN3O2.Ag/c8-3-1-2-4-6(10-11-9-4)5(3)7(12)13;/h1-2H,(H,12,13)(H,9,10,11);/q;+1/p-1. The maximum Gasteiger partial charge on any atom is 1.00 e. The number of carbonyl (C=O) groups is 1. The van der Waals surface area contributed by atoms with Gasteiger partial charge < -0.3 is 9.90 Å². The van der Waals surface area contributed by atoms with Crippen LogP contribution in [0.25, 0.3) is 11.0 Å². The van der Waals surface area contributed by atoms with Crippen LogP contribution in [-0.2, 0) is 22.4 Å². The van der Waals surface area contributed by atoms with Crippen LogP contribution in [0.2, 0.25) is 5.02 Å². The second-order valence-corrected chi connectivity index (χ2v) is 2.81. The van der Waals surface area contributed by atoms with Crippen LogP contribution < -0.4 is 5.11 Å². The average molecular weight is 304 g/mol. The van der Waals surface area contributed by atoms with Gasteiger partial charge in [-0.2, -0.15) is 15.4 Å². The fourth-order valence-electron chi connectivity index (χ4n) is 1.08. The summed E-state index contributed by atoms with van der Waals surface area (Å²) >= 11 is 5.65. The van der Waals surface area contributed by atoms with Crippen molar-refractivity contribution >= 4 is 28.6 Å². The Labute approximate surface area is 99.0 Å². The topological polar surface area (TPSA) is 81.7 Å². The van der Waals surface area contributed by atoms with Crippen LogP contribution in [0.1, 0.15) is 10.4 Å². The van der Waals surface area contributed by atoms with Crippen molar-refractivity contribution in [2.45, 2.75) is 0 Å². The van der Waals surface area contributed by atoms with Gasteiger partial charge in [0, 0.05) is 5.56 Å². The molecule has 1 heterocycles. The molecule has 1 N–H and O–H groups in total. The number of nitrogens with zero attached hydrogens (tertiary/aromatic N) is 2. The molecule has 0 fully saturated rings. The van der Waals surface area contributed by atoms with Gasteiger partial charge in [-0.1, -0.05) is 11.6 Å². The third-order valence-corrected chi connectivity index (χ3v) is 1.96. The number of fused-ring (bicyclic) bond motifs is 1. The Morgan fingerprint density at radius 1 is 1.43 bits per heavy atom. The molecule has 5 nitrogen and oxygen atoms in total. The van der Waals surface area contributed by atoms with Crippen LogP contribution in [0.5, 0.6) is 0 Å². The summed E-state index contributed by atoms with van der Waals surface area (Å²) in [5, 5.41) is 20.4. The minimum atomic E-state index is -1.36. The molecule has 1 aromatic carbocycles. The summed E-state index contributed by atoms with van der Waals surface area (Å²) < 4.78 is 0. The number of H-pyrrole nitrogens is 1. The van der Waals surface area contributed by atoms with Crippen LogP contribution in [0.4, 0.5) is 0 Å². The Kier molecular flexibility index (Phi) is 3.28. The van der Waals surface area contributed by atoms with Gasteiger partial charge in [-0.15, -0.1) is 0 Å². The quantitative estimate of drug-likeness (QED) is 0.750. The predicted octanol–water partition coefficient (Wildman–Crippen LogP) is -0.0277. The van der Waals surface area contributed by atoms with Crippen molar-refractivity contribution in [1.29, 1.82) is 0 Å². The van der Waals surface area contributed by atoms with Crippen molar-refractivity contribution in [1.82, 2.24) is 15.4 Å². The molecule has 0 atom stereocenters. The number of carboxylic acids is 1. The van der Waals surface area contributed by atoms with Gasteiger partial charge >= 0.3 is 22.4 Å². The third kappa shape index (κ3) is 1.67. The van der Waals surface area contributed by atoms with E-state index in [1.165, 1.54) is 6.07 Å². The number of benzene rings is 1. The maximum absolute atomic E-state index is 10.7. The van der Waals surface area contributed by atoms with Gasteiger partial charge in [0.2, 0.25) is 0 Å². The fraction of sp³-hybridized carbons (Fsp3) is 0. The molecule has 0 saturated carbocycles. The Morgan fingerprint density at radius 2 is 2.14 bits per heavy atom. The van der Waals surface area contributed by atoms with Gasteiger partial charge in [-0.25, -0.2) is 0 Å². The van der Waals surface area contributed by atoms with Gasteiger partial charge in [0.15, 0.2) is 0 Å². The number of carbonyl (C=O) groups excluding carboxylic acids is 1. The molecule has 0 aliphatic rings. The Hall–Kier alpha value is -0.880. The van der Waals surface area contributed by atoms with E-state index in [2.05, 4.69) is 15.4 Å². The van der Waals surface area contributed by atoms with Crippen LogP contribution >= 0.6 is 11.6 Å². The van der Waals surface area contributed by atoms with E-state index in [0.717, 1.165) is 0 Å². The molecule has 0 unspecified atom stereocenters. The van der Waals surface area contributed by atoms with Crippen molar-refractivity contribution in [2.24, 2.45) is 0 Å². The Bertz CT molecular complexity index is 485. The van der Waals surface area contributed by atoms with Gasteiger partial charge in [-0.05, 0) is 12.1 Å². The number of hydrogen-bond acceptors (Lipinski definition) is 4. The summed E-state index contributed by atoms with van der Waals surface area (Å²) in [7, 11) is 0. The minimum absolute atomic E-state index is 0. The fourth-order valence-corrected chi connectivity index (χ4v) is 1.31. The predicted molar refractivity (Wildman–Crippen MR) is 43.2 cm³/mol. The molecule has 0 aliphatic carbocycles. The Balaban J connectivity index is 0.000000980. The summed E-state index contributed by atoms with van der Waals surface area (Å²) in [5.41, 5.74) is 0.531. The van der Waals surface area contributed by atoms with E-state index in [1.807, 2.05) is 0 Å². The van der Waals surface area contributed by atoms with Crippen LogP contribution in [0.15, 0.2) is 12.1 Å². The van der Waals surface area contributed by atoms with E-state index in [9.17, 15) is 9.90 Å². The molecule has 2 rings (SSSR count). The van der Waals surface area contributed by atoms with Crippen LogP contribution in [-0.4, -0.2) is 21.4 Å². The van der Waals surface area contributed by atoms with E-state index in [4.69, 9.17) is 11.6 Å². The number of aromatic carboxylic acids is 1. The van der Waals surface area contributed by atoms with E-state index in [1.54, 1.807) is 6.07 Å². The van der Waals surface area contributed by atoms with Gasteiger partial charge in [-0.3, -0.25) is 0 Å². The van der Waals surface area contributed by atoms with Crippen LogP contribution in [0, 0.1) is 0 Å². The molecule has 0 aliphatic heterocycles. The smallest absolute Gasteiger partial charge is 0.545 e. The number of hydrogen-bond donors (Lipinski definition) is 1. The molecule has 7 heteroatoms. The molecule has 0 bridgehead atoms. The molecule has 0 saturated heterocycles. The van der Waals surface area contributed by atoms with Crippen molar-refractivity contribution in [3.8, 4) is 0 Å². The van der Waals surface area contributed by atoms with Gasteiger partial charge in [0.05, 0.1) is 11.0 Å². The summed E-state index contributed by atoms with van der Waals surface area (Å²) in [5.74, 6) is -1.36. The molecular weight excluding hydrogens is 301 g/mol. The normalized spacial score (nSPS) is 9.79. The molecule has 2 aromatic rings. The van der Waals surface area contributed by atoms with Crippen molar-refractivity contribution < 1.29 is 32.3 Å². The maximum atomic E-state index is 10.7. The first kappa shape index (κ1) is 11.2. The average Bonchev–Trinajstić information content (AvgIpc) is 2.50. The monoisotopic (exact) mass is 303 g/mol. The largest absolute Gasteiger partial charge is 1.00 e. The van der Waals surface area contributed by atoms with Crippen LogP contribution in [0.3, 0.4) is 0 Å². The van der Waals surface area contributed by atoms with Gasteiger partial charge in [0.25, 0.3) is 0 Å². The second kappa shape index (κ2) is 4.10. The number of aromatic nitrogens is 3. The number of rotatable bonds is 1. The summed E-state index contributed by atoms with van der Waals surface area (Å²) in [6, 6.07) is 3.02. The minimum Gasteiger partial charge on any atom is -0.545 e. The summed E-state index contributed by atoms with van der Waals surface area (Å²) in [6.07, 6.45) is 0. The van der Waals surface area contributed by atoms with E-state index < -0.39 is 5.97 Å². The number of halogens is 1. The molecule has 1 aromatic heterocycles. The summed E-state index contributed by atoms with van der Waals surface area (Å²) in [6.45, 7) is 0.